The van der Waals surface area contributed by atoms with Gasteiger partial charge in [-0.3, -0.25) is 4.79 Å². The molecule has 33 heavy (non-hydrogen) atoms. The van der Waals surface area contributed by atoms with E-state index in [1.54, 1.807) is 13.3 Å². The van der Waals surface area contributed by atoms with Gasteiger partial charge in [0.05, 0.1) is 30.0 Å². The van der Waals surface area contributed by atoms with Gasteiger partial charge in [-0.1, -0.05) is 17.3 Å². The predicted octanol–water partition coefficient (Wildman–Crippen LogP) is 4.79. The third-order valence-corrected chi connectivity index (χ3v) is 6.11. The maximum absolute atomic E-state index is 13.7. The largest absolute Gasteiger partial charge is 0.497 e. The van der Waals surface area contributed by atoms with Crippen LogP contribution in [0.1, 0.15) is 64.3 Å². The van der Waals surface area contributed by atoms with Gasteiger partial charge in [-0.15, -0.1) is 0 Å². The SMILES string of the molecule is COc1cccc(Cc2cnc([C@H]3CCCCN3C(=O)c3cc(C)nc4onc(C)c34)o2)c1. The molecule has 1 amide bonds. The number of hydrogen-bond acceptors (Lipinski definition) is 7. The molecule has 0 saturated carbocycles. The fourth-order valence-electron chi connectivity index (χ4n) is 4.51. The summed E-state index contributed by atoms with van der Waals surface area (Å²) in [4.78, 5) is 24.5. The number of fused-ring (bicyclic) bond motifs is 1. The number of amides is 1. The highest BCUT2D eigenvalue weighted by Crippen LogP contribution is 2.34. The van der Waals surface area contributed by atoms with E-state index in [4.69, 9.17) is 13.7 Å². The van der Waals surface area contributed by atoms with Crippen molar-refractivity contribution in [2.24, 2.45) is 0 Å². The summed E-state index contributed by atoms with van der Waals surface area (Å²) in [5.74, 6) is 2.06. The monoisotopic (exact) mass is 446 g/mol. The second kappa shape index (κ2) is 8.69. The van der Waals surface area contributed by atoms with E-state index in [-0.39, 0.29) is 11.9 Å². The number of ether oxygens (including phenoxy) is 1. The lowest BCUT2D eigenvalue weighted by molar-refractivity contribution is 0.0572. The molecule has 0 bridgehead atoms. The molecule has 8 heteroatoms. The van der Waals surface area contributed by atoms with Crippen molar-refractivity contribution in [3.63, 3.8) is 0 Å². The highest BCUT2D eigenvalue weighted by molar-refractivity contribution is 6.06. The molecule has 1 atom stereocenters. The second-order valence-corrected chi connectivity index (χ2v) is 8.46. The molecule has 1 aromatic carbocycles. The zero-order valence-corrected chi connectivity index (χ0v) is 19.0. The molecule has 1 fully saturated rings. The normalized spacial score (nSPS) is 16.3. The Kier molecular flexibility index (Phi) is 5.58. The van der Waals surface area contributed by atoms with Crippen molar-refractivity contribution in [2.45, 2.75) is 45.6 Å². The highest BCUT2D eigenvalue weighted by atomic mass is 16.5. The summed E-state index contributed by atoms with van der Waals surface area (Å²) in [5, 5.41) is 4.68. The van der Waals surface area contributed by atoms with E-state index in [1.165, 1.54) is 0 Å². The quantitative estimate of drug-likeness (QED) is 0.435. The van der Waals surface area contributed by atoms with Crippen LogP contribution in [0.2, 0.25) is 0 Å². The topological polar surface area (TPSA) is 94.5 Å². The number of aryl methyl sites for hydroxylation is 2. The molecule has 1 saturated heterocycles. The number of oxazole rings is 1. The van der Waals surface area contributed by atoms with E-state index in [9.17, 15) is 4.79 Å². The van der Waals surface area contributed by atoms with Crippen molar-refractivity contribution in [1.29, 1.82) is 0 Å². The lowest BCUT2D eigenvalue weighted by Crippen LogP contribution is -2.38. The van der Waals surface area contributed by atoms with Crippen LogP contribution >= 0.6 is 0 Å². The highest BCUT2D eigenvalue weighted by Gasteiger charge is 2.33. The number of rotatable bonds is 5. The van der Waals surface area contributed by atoms with E-state index in [0.29, 0.717) is 46.9 Å². The van der Waals surface area contributed by atoms with Gasteiger partial charge in [0.25, 0.3) is 11.6 Å². The number of aromatic nitrogens is 3. The summed E-state index contributed by atoms with van der Waals surface area (Å²) in [6, 6.07) is 9.47. The Balaban J connectivity index is 1.43. The summed E-state index contributed by atoms with van der Waals surface area (Å²) < 4.78 is 16.8. The van der Waals surface area contributed by atoms with Crippen molar-refractivity contribution in [2.75, 3.05) is 13.7 Å². The number of likely N-dealkylation sites (tertiary alicyclic amines) is 1. The third-order valence-electron chi connectivity index (χ3n) is 6.11. The molecule has 0 unspecified atom stereocenters. The summed E-state index contributed by atoms with van der Waals surface area (Å²) in [6.07, 6.45) is 5.12. The average Bonchev–Trinajstić information content (AvgIpc) is 3.45. The van der Waals surface area contributed by atoms with E-state index in [1.807, 2.05) is 49.1 Å². The second-order valence-electron chi connectivity index (χ2n) is 8.46. The van der Waals surface area contributed by atoms with Crippen molar-refractivity contribution in [3.8, 4) is 5.75 Å². The number of pyridine rings is 1. The Labute approximate surface area is 191 Å². The van der Waals surface area contributed by atoms with Gasteiger partial charge in [-0.25, -0.2) is 9.97 Å². The molecule has 4 aromatic rings. The number of nitrogens with zero attached hydrogens (tertiary/aromatic N) is 4. The number of methoxy groups -OCH3 is 1. The van der Waals surface area contributed by atoms with Crippen LogP contribution < -0.4 is 4.74 Å². The summed E-state index contributed by atoms with van der Waals surface area (Å²) in [5.41, 5.74) is 3.40. The zero-order valence-electron chi connectivity index (χ0n) is 19.0. The fourth-order valence-corrected chi connectivity index (χ4v) is 4.51. The average molecular weight is 447 g/mol. The molecule has 1 aliphatic rings. The van der Waals surface area contributed by atoms with Crippen molar-refractivity contribution in [1.82, 2.24) is 20.0 Å². The van der Waals surface area contributed by atoms with Gasteiger partial charge >= 0.3 is 0 Å². The fraction of sp³-hybridized carbons (Fsp3) is 0.360. The first-order chi connectivity index (χ1) is 16.0. The molecule has 0 aliphatic carbocycles. The van der Waals surface area contributed by atoms with Crippen LogP contribution in [0.5, 0.6) is 5.75 Å². The van der Waals surface area contributed by atoms with Crippen LogP contribution in [-0.2, 0) is 6.42 Å². The molecule has 0 radical (unpaired) electrons. The Hall–Kier alpha value is -3.68. The summed E-state index contributed by atoms with van der Waals surface area (Å²) in [6.45, 7) is 4.32. The first kappa shape index (κ1) is 21.2. The number of hydrogen-bond donors (Lipinski definition) is 0. The minimum atomic E-state index is -0.214. The van der Waals surface area contributed by atoms with Crippen LogP contribution in [-0.4, -0.2) is 39.6 Å². The number of carbonyl (C=O) groups is 1. The maximum atomic E-state index is 13.7. The molecule has 5 rings (SSSR count). The Morgan fingerprint density at radius 1 is 1.24 bits per heavy atom. The Bertz CT molecular complexity index is 1310. The number of piperidine rings is 1. The molecule has 4 heterocycles. The lowest BCUT2D eigenvalue weighted by atomic mass is 9.99. The minimum absolute atomic E-state index is 0.0750. The number of carbonyl (C=O) groups excluding carboxylic acids is 1. The molecule has 8 nitrogen and oxygen atoms in total. The smallest absolute Gasteiger partial charge is 0.258 e. The molecule has 170 valence electrons. The Morgan fingerprint density at radius 2 is 2.12 bits per heavy atom. The van der Waals surface area contributed by atoms with E-state index >= 15 is 0 Å². The zero-order chi connectivity index (χ0) is 22.9. The Morgan fingerprint density at radius 3 is 2.97 bits per heavy atom. The molecule has 1 aliphatic heterocycles. The van der Waals surface area contributed by atoms with Crippen molar-refractivity contribution >= 4 is 17.0 Å². The first-order valence-corrected chi connectivity index (χ1v) is 11.2. The van der Waals surface area contributed by atoms with Crippen LogP contribution in [0.4, 0.5) is 0 Å². The third kappa shape index (κ3) is 4.08. The summed E-state index contributed by atoms with van der Waals surface area (Å²) >= 11 is 0. The van der Waals surface area contributed by atoms with Crippen LogP contribution in [0.25, 0.3) is 11.1 Å². The van der Waals surface area contributed by atoms with Gasteiger partial charge in [-0.2, -0.15) is 0 Å². The molecule has 0 N–H and O–H groups in total. The van der Waals surface area contributed by atoms with Gasteiger partial charge in [0, 0.05) is 18.7 Å². The van der Waals surface area contributed by atoms with Gasteiger partial charge in [-0.05, 0) is 56.9 Å². The van der Waals surface area contributed by atoms with Crippen LogP contribution in [0, 0.1) is 13.8 Å². The van der Waals surface area contributed by atoms with E-state index < -0.39 is 0 Å². The maximum Gasteiger partial charge on any atom is 0.258 e. The van der Waals surface area contributed by atoms with Gasteiger partial charge in [0.1, 0.15) is 17.6 Å². The lowest BCUT2D eigenvalue weighted by Gasteiger charge is -2.34. The standard InChI is InChI=1S/C25H26N4O4/c1-15-11-20(22-16(2)28-33-24(22)27-15)25(30)29-10-5-4-9-21(29)23-26-14-19(32-23)13-17-7-6-8-18(12-17)31-3/h6-8,11-12,14,21H,4-5,9-10,13H2,1-3H3/t21-/m1/s1. The summed E-state index contributed by atoms with van der Waals surface area (Å²) in [7, 11) is 1.65. The van der Waals surface area contributed by atoms with Crippen molar-refractivity contribution in [3.05, 3.63) is 70.7 Å². The molecule has 3 aromatic heterocycles. The predicted molar refractivity (Wildman–Crippen MR) is 121 cm³/mol. The first-order valence-electron chi connectivity index (χ1n) is 11.2. The van der Waals surface area contributed by atoms with E-state index in [0.717, 1.165) is 36.3 Å². The van der Waals surface area contributed by atoms with E-state index in [2.05, 4.69) is 15.1 Å². The molecular formula is C25H26N4O4. The van der Waals surface area contributed by atoms with Gasteiger partial charge < -0.3 is 18.6 Å². The minimum Gasteiger partial charge on any atom is -0.497 e. The van der Waals surface area contributed by atoms with Crippen LogP contribution in [0.3, 0.4) is 0 Å². The van der Waals surface area contributed by atoms with Gasteiger partial charge in [0.2, 0.25) is 5.89 Å². The van der Waals surface area contributed by atoms with Crippen molar-refractivity contribution < 1.29 is 18.5 Å². The molecule has 0 spiro atoms. The number of benzene rings is 1. The molecular weight excluding hydrogens is 420 g/mol. The van der Waals surface area contributed by atoms with Gasteiger partial charge in [0.15, 0.2) is 0 Å². The van der Waals surface area contributed by atoms with Crippen LogP contribution in [0.15, 0.2) is 45.5 Å².